The molecule has 0 spiro atoms. The highest BCUT2D eigenvalue weighted by molar-refractivity contribution is 5.94. The van der Waals surface area contributed by atoms with Crippen LogP contribution in [-0.4, -0.2) is 0 Å². The predicted octanol–water partition coefficient (Wildman–Crippen LogP) is 6.07. The highest BCUT2D eigenvalue weighted by Crippen LogP contribution is 2.37. The van der Waals surface area contributed by atoms with Crippen molar-refractivity contribution < 1.29 is 0 Å². The van der Waals surface area contributed by atoms with Crippen LogP contribution in [0.25, 0.3) is 22.8 Å². The molecule has 4 rings (SSSR count). The lowest BCUT2D eigenvalue weighted by Crippen LogP contribution is -1.91. The summed E-state index contributed by atoms with van der Waals surface area (Å²) < 4.78 is 0. The molecule has 1 aliphatic carbocycles. The Morgan fingerprint density at radius 2 is 1.35 bits per heavy atom. The lowest BCUT2D eigenvalue weighted by atomic mass is 9.93. The molecule has 0 aliphatic heterocycles. The molecule has 0 fully saturated rings. The zero-order valence-corrected chi connectivity index (χ0v) is 13.6. The maximum absolute atomic E-state index is 2.36. The molecule has 1 aliphatic rings. The van der Waals surface area contributed by atoms with Gasteiger partial charge in [0.2, 0.25) is 0 Å². The Kier molecular flexibility index (Phi) is 3.38. The quantitative estimate of drug-likeness (QED) is 0.538. The lowest BCUT2D eigenvalue weighted by molar-refractivity contribution is 1.25. The molecule has 112 valence electrons. The fraction of sp³-hybridized carbons (Fsp3) is 0.130. The van der Waals surface area contributed by atoms with Gasteiger partial charge in [0.05, 0.1) is 0 Å². The first-order valence-corrected chi connectivity index (χ1v) is 8.18. The molecule has 0 unspecified atom stereocenters. The molecule has 0 bridgehead atoms. The van der Waals surface area contributed by atoms with Crippen LogP contribution in [0.4, 0.5) is 0 Å². The summed E-state index contributed by atoms with van der Waals surface area (Å²) in [6.07, 6.45) is 3.39. The number of benzene rings is 3. The maximum atomic E-state index is 2.36. The molecular weight excluding hydrogens is 276 g/mol. The van der Waals surface area contributed by atoms with Crippen LogP contribution in [0.5, 0.6) is 0 Å². The third-order valence-corrected chi connectivity index (χ3v) is 4.82. The van der Waals surface area contributed by atoms with Crippen molar-refractivity contribution in [3.63, 3.8) is 0 Å². The first-order valence-electron chi connectivity index (χ1n) is 8.18. The zero-order chi connectivity index (χ0) is 15.8. The summed E-state index contributed by atoms with van der Waals surface area (Å²) in [6.45, 7) is 4.39. The molecule has 0 saturated heterocycles. The molecule has 23 heavy (non-hydrogen) atoms. The molecule has 3 aromatic carbocycles. The van der Waals surface area contributed by atoms with Crippen molar-refractivity contribution in [1.29, 1.82) is 0 Å². The smallest absolute Gasteiger partial charge is 0.00134 e. The second-order valence-corrected chi connectivity index (χ2v) is 6.39. The number of fused-ring (bicyclic) bond motifs is 1. The molecule has 3 aromatic rings. The summed E-state index contributed by atoms with van der Waals surface area (Å²) in [5.41, 5.74) is 11.0. The van der Waals surface area contributed by atoms with Crippen LogP contribution < -0.4 is 0 Å². The van der Waals surface area contributed by atoms with Crippen LogP contribution in [0.15, 0.2) is 66.7 Å². The molecule has 0 nitrogen and oxygen atoms in total. The predicted molar refractivity (Wildman–Crippen MR) is 99.4 cm³/mol. The topological polar surface area (TPSA) is 0 Å². The first-order chi connectivity index (χ1) is 11.2. The van der Waals surface area contributed by atoms with Crippen molar-refractivity contribution >= 4 is 11.6 Å². The van der Waals surface area contributed by atoms with E-state index in [0.717, 1.165) is 6.42 Å². The van der Waals surface area contributed by atoms with Crippen LogP contribution >= 0.6 is 0 Å². The minimum absolute atomic E-state index is 1.03. The summed E-state index contributed by atoms with van der Waals surface area (Å²) in [4.78, 5) is 0. The van der Waals surface area contributed by atoms with Gasteiger partial charge in [0.1, 0.15) is 0 Å². The second kappa shape index (κ2) is 5.55. The summed E-state index contributed by atoms with van der Waals surface area (Å²) >= 11 is 0. The Balaban J connectivity index is 1.80. The average Bonchev–Trinajstić information content (AvgIpc) is 2.99. The SMILES string of the molecule is Cc1cc2c(cc1C)CC(c1ccccc1-c1ccccc1)=C2. The molecule has 0 aromatic heterocycles. The summed E-state index contributed by atoms with van der Waals surface area (Å²) in [5, 5.41) is 0. The third kappa shape index (κ3) is 2.51. The van der Waals surface area contributed by atoms with E-state index in [1.54, 1.807) is 0 Å². The molecule has 0 atom stereocenters. The van der Waals surface area contributed by atoms with E-state index in [1.807, 2.05) is 0 Å². The highest BCUT2D eigenvalue weighted by atomic mass is 14.2. The first kappa shape index (κ1) is 14.0. The highest BCUT2D eigenvalue weighted by Gasteiger charge is 2.17. The number of allylic oxidation sites excluding steroid dienone is 1. The monoisotopic (exact) mass is 296 g/mol. The molecule has 0 heterocycles. The van der Waals surface area contributed by atoms with E-state index in [1.165, 1.54) is 44.5 Å². The van der Waals surface area contributed by atoms with Gasteiger partial charge in [-0.05, 0) is 64.8 Å². The number of rotatable bonds is 2. The molecule has 0 radical (unpaired) electrons. The standard InChI is InChI=1S/C23H20/c1-16-12-19-14-21(15-20(19)13-17(16)2)23-11-7-6-10-22(23)18-8-4-3-5-9-18/h3-14H,15H2,1-2H3. The van der Waals surface area contributed by atoms with Gasteiger partial charge in [0, 0.05) is 0 Å². The summed E-state index contributed by atoms with van der Waals surface area (Å²) in [7, 11) is 0. The van der Waals surface area contributed by atoms with Gasteiger partial charge in [0.15, 0.2) is 0 Å². The maximum Gasteiger partial charge on any atom is -0.00134 e. The van der Waals surface area contributed by atoms with Gasteiger partial charge in [-0.25, -0.2) is 0 Å². The molecule has 0 saturated carbocycles. The van der Waals surface area contributed by atoms with Crippen molar-refractivity contribution in [2.75, 3.05) is 0 Å². The van der Waals surface area contributed by atoms with Crippen LogP contribution in [0, 0.1) is 13.8 Å². The number of aryl methyl sites for hydroxylation is 2. The number of hydrogen-bond donors (Lipinski definition) is 0. The Morgan fingerprint density at radius 3 is 2.13 bits per heavy atom. The summed E-state index contributed by atoms with van der Waals surface area (Å²) in [5.74, 6) is 0. The third-order valence-electron chi connectivity index (χ3n) is 4.82. The van der Waals surface area contributed by atoms with Crippen LogP contribution in [0.3, 0.4) is 0 Å². The van der Waals surface area contributed by atoms with E-state index >= 15 is 0 Å². The van der Waals surface area contributed by atoms with Crippen LogP contribution in [0.1, 0.15) is 27.8 Å². The van der Waals surface area contributed by atoms with Gasteiger partial charge in [-0.15, -0.1) is 0 Å². The van der Waals surface area contributed by atoms with Gasteiger partial charge in [-0.2, -0.15) is 0 Å². The Bertz CT molecular complexity index is 899. The lowest BCUT2D eigenvalue weighted by Gasteiger charge is -2.11. The Hall–Kier alpha value is -2.60. The molecule has 0 heteroatoms. The van der Waals surface area contributed by atoms with Crippen molar-refractivity contribution in [3.05, 3.63) is 94.5 Å². The van der Waals surface area contributed by atoms with E-state index in [9.17, 15) is 0 Å². The van der Waals surface area contributed by atoms with Gasteiger partial charge < -0.3 is 0 Å². The molecular formula is C23H20. The van der Waals surface area contributed by atoms with Crippen molar-refractivity contribution in [2.24, 2.45) is 0 Å². The average molecular weight is 296 g/mol. The largest absolute Gasteiger partial charge is 0.0622 e. The van der Waals surface area contributed by atoms with Gasteiger partial charge in [0.25, 0.3) is 0 Å². The minimum atomic E-state index is 1.03. The van der Waals surface area contributed by atoms with Crippen LogP contribution in [-0.2, 0) is 6.42 Å². The van der Waals surface area contributed by atoms with Crippen LogP contribution in [0.2, 0.25) is 0 Å². The fourth-order valence-corrected chi connectivity index (χ4v) is 3.44. The van der Waals surface area contributed by atoms with Gasteiger partial charge >= 0.3 is 0 Å². The van der Waals surface area contributed by atoms with Gasteiger partial charge in [-0.1, -0.05) is 72.8 Å². The number of hydrogen-bond acceptors (Lipinski definition) is 0. The van der Waals surface area contributed by atoms with E-state index in [4.69, 9.17) is 0 Å². The Morgan fingerprint density at radius 1 is 0.696 bits per heavy atom. The van der Waals surface area contributed by atoms with E-state index < -0.39 is 0 Å². The van der Waals surface area contributed by atoms with E-state index in [0.29, 0.717) is 0 Å². The van der Waals surface area contributed by atoms with Crippen molar-refractivity contribution in [2.45, 2.75) is 20.3 Å². The van der Waals surface area contributed by atoms with Crippen molar-refractivity contribution in [1.82, 2.24) is 0 Å². The Labute approximate surface area is 138 Å². The van der Waals surface area contributed by atoms with E-state index in [2.05, 4.69) is 86.7 Å². The molecule has 0 N–H and O–H groups in total. The van der Waals surface area contributed by atoms with Crippen molar-refractivity contribution in [3.8, 4) is 11.1 Å². The van der Waals surface area contributed by atoms with Gasteiger partial charge in [-0.3, -0.25) is 0 Å². The fourth-order valence-electron chi connectivity index (χ4n) is 3.44. The van der Waals surface area contributed by atoms with E-state index in [-0.39, 0.29) is 0 Å². The minimum Gasteiger partial charge on any atom is -0.0622 e. The zero-order valence-electron chi connectivity index (χ0n) is 13.6. The molecule has 0 amide bonds. The summed E-state index contributed by atoms with van der Waals surface area (Å²) in [6, 6.07) is 24.1. The second-order valence-electron chi connectivity index (χ2n) is 6.39. The normalized spacial score (nSPS) is 12.9.